The number of imidazole rings is 1. The van der Waals surface area contributed by atoms with E-state index < -0.39 is 0 Å². The van der Waals surface area contributed by atoms with Gasteiger partial charge in [0.1, 0.15) is 18.0 Å². The lowest BCUT2D eigenvalue weighted by molar-refractivity contribution is 0.726. The number of pyridine rings is 1. The molecular formula is C13H18N4. The van der Waals surface area contributed by atoms with Crippen molar-refractivity contribution in [1.82, 2.24) is 9.38 Å². The summed E-state index contributed by atoms with van der Waals surface area (Å²) in [6, 6.07) is 6.23. The summed E-state index contributed by atoms with van der Waals surface area (Å²) in [6.45, 7) is 2.27. The van der Waals surface area contributed by atoms with E-state index in [0.717, 1.165) is 18.6 Å². The largest absolute Gasteiger partial charge is 0.382 e. The molecule has 4 heteroatoms. The third-order valence-electron chi connectivity index (χ3n) is 3.51. The Kier molecular flexibility index (Phi) is 2.63. The van der Waals surface area contributed by atoms with Gasteiger partial charge in [0.15, 0.2) is 0 Å². The standard InChI is InChI=1S/C13H18N4/c14-13-11-6-5-7-12(17(11)10-15-13)16-8-3-1-2-4-9-16/h5-7,10H,1-4,8-9,14H2. The van der Waals surface area contributed by atoms with Crippen LogP contribution >= 0.6 is 0 Å². The zero-order valence-electron chi connectivity index (χ0n) is 9.97. The fourth-order valence-electron chi connectivity index (χ4n) is 2.58. The van der Waals surface area contributed by atoms with Crippen molar-refractivity contribution in [2.45, 2.75) is 25.7 Å². The molecule has 3 rings (SSSR count). The van der Waals surface area contributed by atoms with Crippen LogP contribution in [0, 0.1) is 0 Å². The summed E-state index contributed by atoms with van der Waals surface area (Å²) in [4.78, 5) is 6.63. The Morgan fingerprint density at radius 2 is 1.82 bits per heavy atom. The van der Waals surface area contributed by atoms with Crippen LogP contribution in [-0.4, -0.2) is 22.5 Å². The SMILES string of the molecule is Nc1ncn2c(N3CCCCCC3)cccc12. The maximum atomic E-state index is 5.86. The van der Waals surface area contributed by atoms with Gasteiger partial charge < -0.3 is 10.6 Å². The molecule has 1 saturated heterocycles. The van der Waals surface area contributed by atoms with Crippen LogP contribution in [0.4, 0.5) is 11.6 Å². The topological polar surface area (TPSA) is 46.6 Å². The Morgan fingerprint density at radius 1 is 1.06 bits per heavy atom. The quantitative estimate of drug-likeness (QED) is 0.817. The van der Waals surface area contributed by atoms with Crippen LogP contribution in [-0.2, 0) is 0 Å². The zero-order chi connectivity index (χ0) is 11.7. The summed E-state index contributed by atoms with van der Waals surface area (Å²) in [6.07, 6.45) is 7.07. The second kappa shape index (κ2) is 4.28. The number of fused-ring (bicyclic) bond motifs is 1. The number of hydrogen-bond acceptors (Lipinski definition) is 3. The number of nitrogens with zero attached hydrogens (tertiary/aromatic N) is 3. The molecule has 0 aromatic carbocycles. The third-order valence-corrected chi connectivity index (χ3v) is 3.51. The summed E-state index contributed by atoms with van der Waals surface area (Å²) in [5, 5.41) is 0. The van der Waals surface area contributed by atoms with Gasteiger partial charge in [0.05, 0.1) is 5.52 Å². The van der Waals surface area contributed by atoms with Gasteiger partial charge in [-0.15, -0.1) is 0 Å². The minimum atomic E-state index is 0.613. The van der Waals surface area contributed by atoms with E-state index in [2.05, 4.69) is 26.4 Å². The third kappa shape index (κ3) is 1.84. The lowest BCUT2D eigenvalue weighted by Crippen LogP contribution is -2.25. The van der Waals surface area contributed by atoms with Crippen molar-refractivity contribution in [3.63, 3.8) is 0 Å². The lowest BCUT2D eigenvalue weighted by atomic mass is 10.2. The van der Waals surface area contributed by atoms with Crippen LogP contribution in [0.3, 0.4) is 0 Å². The molecule has 0 unspecified atom stereocenters. The van der Waals surface area contributed by atoms with Crippen molar-refractivity contribution in [1.29, 1.82) is 0 Å². The summed E-state index contributed by atoms with van der Waals surface area (Å²) < 4.78 is 2.10. The van der Waals surface area contributed by atoms with Crippen LogP contribution in [0.25, 0.3) is 5.52 Å². The summed E-state index contributed by atoms with van der Waals surface area (Å²) >= 11 is 0. The van der Waals surface area contributed by atoms with E-state index in [4.69, 9.17) is 5.73 Å². The number of aromatic nitrogens is 2. The summed E-state index contributed by atoms with van der Waals surface area (Å²) in [5.74, 6) is 1.83. The molecule has 0 spiro atoms. The second-order valence-corrected chi connectivity index (χ2v) is 4.67. The number of anilines is 2. The van der Waals surface area contributed by atoms with E-state index in [1.807, 2.05) is 12.4 Å². The van der Waals surface area contributed by atoms with E-state index in [-0.39, 0.29) is 0 Å². The zero-order valence-corrected chi connectivity index (χ0v) is 9.97. The van der Waals surface area contributed by atoms with Crippen LogP contribution in [0.2, 0.25) is 0 Å². The van der Waals surface area contributed by atoms with Gasteiger partial charge in [-0.3, -0.25) is 4.40 Å². The van der Waals surface area contributed by atoms with E-state index in [9.17, 15) is 0 Å². The fourth-order valence-corrected chi connectivity index (χ4v) is 2.58. The number of hydrogen-bond donors (Lipinski definition) is 1. The van der Waals surface area contributed by atoms with Gasteiger partial charge in [-0.25, -0.2) is 4.98 Å². The highest BCUT2D eigenvalue weighted by molar-refractivity contribution is 5.69. The van der Waals surface area contributed by atoms with Crippen LogP contribution in [0.1, 0.15) is 25.7 Å². The normalized spacial score (nSPS) is 17.3. The van der Waals surface area contributed by atoms with Gasteiger partial charge in [-0.2, -0.15) is 0 Å². The van der Waals surface area contributed by atoms with Crippen molar-refractivity contribution in [2.75, 3.05) is 23.7 Å². The maximum Gasteiger partial charge on any atom is 0.149 e. The molecule has 0 bridgehead atoms. The van der Waals surface area contributed by atoms with Crippen LogP contribution < -0.4 is 10.6 Å². The molecule has 0 amide bonds. The molecule has 1 aliphatic heterocycles. The van der Waals surface area contributed by atoms with Gasteiger partial charge in [0.2, 0.25) is 0 Å². The molecule has 1 fully saturated rings. The maximum absolute atomic E-state index is 5.86. The Bertz CT molecular complexity index is 509. The first kappa shape index (κ1) is 10.4. The number of nitrogens with two attached hydrogens (primary N) is 1. The highest BCUT2D eigenvalue weighted by Gasteiger charge is 2.13. The van der Waals surface area contributed by atoms with Crippen molar-refractivity contribution in [3.05, 3.63) is 24.5 Å². The molecule has 2 N–H and O–H groups in total. The Morgan fingerprint density at radius 3 is 2.59 bits per heavy atom. The second-order valence-electron chi connectivity index (χ2n) is 4.67. The Hall–Kier alpha value is -1.71. The first-order chi connectivity index (χ1) is 8.36. The molecule has 90 valence electrons. The van der Waals surface area contributed by atoms with Gasteiger partial charge in [-0.05, 0) is 25.0 Å². The fraction of sp³-hybridized carbons (Fsp3) is 0.462. The van der Waals surface area contributed by atoms with Crippen molar-refractivity contribution in [2.24, 2.45) is 0 Å². The smallest absolute Gasteiger partial charge is 0.149 e. The van der Waals surface area contributed by atoms with Gasteiger partial charge in [-0.1, -0.05) is 18.9 Å². The molecule has 3 heterocycles. The average Bonchev–Trinajstić information content (AvgIpc) is 2.59. The van der Waals surface area contributed by atoms with Gasteiger partial charge in [0, 0.05) is 13.1 Å². The molecule has 2 aromatic heterocycles. The number of rotatable bonds is 1. The molecule has 0 radical (unpaired) electrons. The van der Waals surface area contributed by atoms with Gasteiger partial charge >= 0.3 is 0 Å². The van der Waals surface area contributed by atoms with Crippen molar-refractivity contribution < 1.29 is 0 Å². The van der Waals surface area contributed by atoms with E-state index >= 15 is 0 Å². The molecule has 0 aliphatic carbocycles. The first-order valence-electron chi connectivity index (χ1n) is 6.33. The van der Waals surface area contributed by atoms with Crippen molar-refractivity contribution >= 4 is 17.2 Å². The minimum absolute atomic E-state index is 0.613. The highest BCUT2D eigenvalue weighted by atomic mass is 15.2. The first-order valence-corrected chi connectivity index (χ1v) is 6.33. The monoisotopic (exact) mass is 230 g/mol. The number of nitrogen functional groups attached to an aromatic ring is 1. The molecule has 2 aromatic rings. The predicted molar refractivity (Wildman–Crippen MR) is 70.3 cm³/mol. The Labute approximate surface area is 101 Å². The van der Waals surface area contributed by atoms with Crippen LogP contribution in [0.5, 0.6) is 0 Å². The molecule has 17 heavy (non-hydrogen) atoms. The molecule has 0 saturated carbocycles. The van der Waals surface area contributed by atoms with E-state index in [1.165, 1.54) is 31.5 Å². The lowest BCUT2D eigenvalue weighted by Gasteiger charge is -2.23. The predicted octanol–water partition coefficient (Wildman–Crippen LogP) is 2.30. The van der Waals surface area contributed by atoms with E-state index in [0.29, 0.717) is 5.82 Å². The average molecular weight is 230 g/mol. The summed E-state index contributed by atoms with van der Waals surface area (Å²) in [7, 11) is 0. The van der Waals surface area contributed by atoms with Crippen molar-refractivity contribution in [3.8, 4) is 0 Å². The molecule has 0 atom stereocenters. The molecule has 1 aliphatic rings. The molecule has 4 nitrogen and oxygen atoms in total. The Balaban J connectivity index is 2.03. The van der Waals surface area contributed by atoms with Crippen LogP contribution in [0.15, 0.2) is 24.5 Å². The minimum Gasteiger partial charge on any atom is -0.382 e. The van der Waals surface area contributed by atoms with E-state index in [1.54, 1.807) is 0 Å². The summed E-state index contributed by atoms with van der Waals surface area (Å²) in [5.41, 5.74) is 6.86. The molecular weight excluding hydrogens is 212 g/mol. The van der Waals surface area contributed by atoms with Gasteiger partial charge in [0.25, 0.3) is 0 Å². The highest BCUT2D eigenvalue weighted by Crippen LogP contribution is 2.23.